The van der Waals surface area contributed by atoms with E-state index in [9.17, 15) is 24.5 Å². The summed E-state index contributed by atoms with van der Waals surface area (Å²) in [6.07, 6.45) is 8.56. The van der Waals surface area contributed by atoms with Gasteiger partial charge < -0.3 is 4.90 Å². The third-order valence-corrected chi connectivity index (χ3v) is 5.14. The van der Waals surface area contributed by atoms with Crippen LogP contribution in [0.3, 0.4) is 0 Å². The Morgan fingerprint density at radius 3 is 1.82 bits per heavy atom. The average Bonchev–Trinajstić information content (AvgIpc) is 3.60. The lowest BCUT2D eigenvalue weighted by Gasteiger charge is -2.18. The van der Waals surface area contributed by atoms with Crippen molar-refractivity contribution in [3.05, 3.63) is 65.5 Å². The number of hydrogen-bond acceptors (Lipinski definition) is 6. The van der Waals surface area contributed by atoms with Crippen molar-refractivity contribution in [2.24, 2.45) is 0 Å². The molecule has 0 atom stereocenters. The van der Waals surface area contributed by atoms with Crippen molar-refractivity contribution in [3.8, 4) is 6.07 Å². The molecule has 3 aromatic heterocycles. The minimum Gasteiger partial charge on any atom is -0.326 e. The average molecular weight is 466 g/mol. The zero-order chi connectivity index (χ0) is 25.0. The molecular weight excluding hydrogens is 444 g/mol. The van der Waals surface area contributed by atoms with Crippen LogP contribution in [0, 0.1) is 21.4 Å². The minimum atomic E-state index is -0.597. The molecule has 0 bridgehead atoms. The molecule has 176 valence electrons. The lowest BCUT2D eigenvalue weighted by atomic mass is 10.4. The molecule has 3 aromatic rings. The maximum atomic E-state index is 12.9. The number of carbonyl (C=O) groups is 3. The third kappa shape index (κ3) is 4.80. The number of nitrogens with zero attached hydrogens (tertiary/aromatic N) is 8. The van der Waals surface area contributed by atoms with Crippen LogP contribution < -0.4 is 9.80 Å². The first kappa shape index (κ1) is 23.8. The van der Waals surface area contributed by atoms with Gasteiger partial charge in [-0.25, -0.2) is 14.4 Å². The summed E-state index contributed by atoms with van der Waals surface area (Å²) in [6, 6.07) is 5.04. The number of anilines is 2. The standard InChI is InChI=1S/C21H22N8O5/c1-23(9-4-8-22)19(30)26-10-5-16(13-26)24(2)20(31)27-11-6-17(14-27)25(3)21(32)28-12-7-18(15-28)29(33)34/h5-7,10-15H,4,9H2,1-3H3. The highest BCUT2D eigenvalue weighted by molar-refractivity contribution is 5.96. The summed E-state index contributed by atoms with van der Waals surface area (Å²) in [5.74, 6) is 0. The van der Waals surface area contributed by atoms with Crippen molar-refractivity contribution >= 4 is 35.2 Å². The van der Waals surface area contributed by atoms with Crippen molar-refractivity contribution in [2.75, 3.05) is 37.5 Å². The highest BCUT2D eigenvalue weighted by Crippen LogP contribution is 2.20. The van der Waals surface area contributed by atoms with Gasteiger partial charge in [0.25, 0.3) is 5.69 Å². The SMILES string of the molecule is CN(CCC#N)C(=O)n1ccc(N(C)C(=O)n2ccc(N(C)C(=O)n3ccc([N+](=O)[O-])c3)c2)c1. The van der Waals surface area contributed by atoms with Crippen LogP contribution in [-0.4, -0.2) is 69.3 Å². The van der Waals surface area contributed by atoms with E-state index in [2.05, 4.69) is 0 Å². The fraction of sp³-hybridized carbons (Fsp3) is 0.238. The summed E-state index contributed by atoms with van der Waals surface area (Å²) in [5.41, 5.74) is 0.652. The molecule has 3 rings (SSSR count). The molecule has 0 N–H and O–H groups in total. The first-order valence-corrected chi connectivity index (χ1v) is 10.0. The van der Waals surface area contributed by atoms with E-state index in [1.807, 2.05) is 6.07 Å². The molecule has 0 radical (unpaired) electrons. The van der Waals surface area contributed by atoms with Crippen LogP contribution in [0.5, 0.6) is 0 Å². The van der Waals surface area contributed by atoms with Gasteiger partial charge in [0.1, 0.15) is 0 Å². The molecule has 0 aliphatic carbocycles. The molecule has 0 fully saturated rings. The molecule has 0 saturated carbocycles. The first-order valence-electron chi connectivity index (χ1n) is 10.0. The Hall–Kier alpha value is -4.86. The van der Waals surface area contributed by atoms with E-state index in [0.717, 1.165) is 10.8 Å². The zero-order valence-corrected chi connectivity index (χ0v) is 18.7. The zero-order valence-electron chi connectivity index (χ0n) is 18.7. The van der Waals surface area contributed by atoms with E-state index in [0.29, 0.717) is 11.4 Å². The van der Waals surface area contributed by atoms with Crippen molar-refractivity contribution in [3.63, 3.8) is 0 Å². The molecule has 0 unspecified atom stereocenters. The molecule has 0 spiro atoms. The van der Waals surface area contributed by atoms with E-state index in [4.69, 9.17) is 5.26 Å². The fourth-order valence-electron chi connectivity index (χ4n) is 3.10. The molecule has 3 heterocycles. The Morgan fingerprint density at radius 2 is 1.35 bits per heavy atom. The Labute approximate surface area is 194 Å². The number of amides is 3. The number of aromatic nitrogens is 3. The number of nitro groups is 1. The highest BCUT2D eigenvalue weighted by atomic mass is 16.6. The normalized spacial score (nSPS) is 10.4. The maximum absolute atomic E-state index is 12.9. The molecular formula is C21H22N8O5. The first-order chi connectivity index (χ1) is 16.1. The van der Waals surface area contributed by atoms with E-state index in [1.165, 1.54) is 67.9 Å². The van der Waals surface area contributed by atoms with Gasteiger partial charge in [0.15, 0.2) is 0 Å². The second kappa shape index (κ2) is 9.74. The predicted octanol–water partition coefficient (Wildman–Crippen LogP) is 3.02. The minimum absolute atomic E-state index is 0.210. The predicted molar refractivity (Wildman–Crippen MR) is 122 cm³/mol. The second-order valence-electron chi connectivity index (χ2n) is 7.38. The maximum Gasteiger partial charge on any atom is 0.332 e. The Kier molecular flexibility index (Phi) is 6.81. The quantitative estimate of drug-likeness (QED) is 0.418. The van der Waals surface area contributed by atoms with Gasteiger partial charge in [0.05, 0.1) is 35.0 Å². The van der Waals surface area contributed by atoms with Gasteiger partial charge in [-0.15, -0.1) is 0 Å². The summed E-state index contributed by atoms with van der Waals surface area (Å²) in [6.45, 7) is 0.284. The molecule has 13 heteroatoms. The molecule has 0 saturated heterocycles. The smallest absolute Gasteiger partial charge is 0.326 e. The van der Waals surface area contributed by atoms with Gasteiger partial charge in [-0.3, -0.25) is 33.6 Å². The molecule has 0 aliphatic heterocycles. The molecule has 0 aliphatic rings. The Balaban J connectivity index is 1.70. The number of rotatable bonds is 5. The Bertz CT molecular complexity index is 1280. The van der Waals surface area contributed by atoms with E-state index >= 15 is 0 Å². The van der Waals surface area contributed by atoms with E-state index < -0.39 is 17.0 Å². The van der Waals surface area contributed by atoms with Gasteiger partial charge in [-0.1, -0.05) is 0 Å². The third-order valence-electron chi connectivity index (χ3n) is 5.14. The van der Waals surface area contributed by atoms with E-state index in [-0.39, 0.29) is 24.7 Å². The summed E-state index contributed by atoms with van der Waals surface area (Å²) >= 11 is 0. The second-order valence-corrected chi connectivity index (χ2v) is 7.38. The summed E-state index contributed by atoms with van der Waals surface area (Å²) < 4.78 is 3.67. The van der Waals surface area contributed by atoms with Gasteiger partial charge >= 0.3 is 18.1 Å². The van der Waals surface area contributed by atoms with Gasteiger partial charge in [-0.2, -0.15) is 5.26 Å². The lowest BCUT2D eigenvalue weighted by Crippen LogP contribution is -2.32. The van der Waals surface area contributed by atoms with E-state index in [1.54, 1.807) is 26.2 Å². The molecule has 34 heavy (non-hydrogen) atoms. The number of hydrogen-bond donors (Lipinski definition) is 0. The summed E-state index contributed by atoms with van der Waals surface area (Å²) in [4.78, 5) is 52.2. The van der Waals surface area contributed by atoms with Crippen LogP contribution in [0.15, 0.2) is 55.4 Å². The van der Waals surface area contributed by atoms with Crippen LogP contribution in [0.2, 0.25) is 0 Å². The highest BCUT2D eigenvalue weighted by Gasteiger charge is 2.20. The summed E-state index contributed by atoms with van der Waals surface area (Å²) in [7, 11) is 4.61. The largest absolute Gasteiger partial charge is 0.332 e. The molecule has 3 amide bonds. The van der Waals surface area contributed by atoms with Crippen molar-refractivity contribution in [1.82, 2.24) is 18.6 Å². The van der Waals surface area contributed by atoms with Gasteiger partial charge in [-0.05, 0) is 12.1 Å². The lowest BCUT2D eigenvalue weighted by molar-refractivity contribution is -0.384. The van der Waals surface area contributed by atoms with Crippen molar-refractivity contribution in [1.29, 1.82) is 5.26 Å². The topological polar surface area (TPSA) is 143 Å². The number of nitriles is 1. The molecule has 13 nitrogen and oxygen atoms in total. The van der Waals surface area contributed by atoms with Gasteiger partial charge in [0, 0.05) is 64.7 Å². The monoisotopic (exact) mass is 466 g/mol. The van der Waals surface area contributed by atoms with Crippen LogP contribution in [0.4, 0.5) is 31.4 Å². The molecule has 0 aromatic carbocycles. The van der Waals surface area contributed by atoms with Crippen molar-refractivity contribution < 1.29 is 19.3 Å². The van der Waals surface area contributed by atoms with Crippen molar-refractivity contribution in [2.45, 2.75) is 6.42 Å². The van der Waals surface area contributed by atoms with Crippen LogP contribution in [-0.2, 0) is 0 Å². The van der Waals surface area contributed by atoms with Gasteiger partial charge in [0.2, 0.25) is 0 Å². The summed E-state index contributed by atoms with van der Waals surface area (Å²) in [5, 5.41) is 19.5. The van der Waals surface area contributed by atoms with Crippen LogP contribution >= 0.6 is 0 Å². The Morgan fingerprint density at radius 1 is 0.882 bits per heavy atom. The fourth-order valence-corrected chi connectivity index (χ4v) is 3.10. The van der Waals surface area contributed by atoms with Crippen LogP contribution in [0.25, 0.3) is 0 Å². The van der Waals surface area contributed by atoms with Crippen LogP contribution in [0.1, 0.15) is 6.42 Å². The number of carbonyl (C=O) groups excluding carboxylic acids is 3.